The van der Waals surface area contributed by atoms with E-state index in [1.165, 1.54) is 0 Å². The Labute approximate surface area is 103 Å². The van der Waals surface area contributed by atoms with E-state index in [0.29, 0.717) is 10.8 Å². The summed E-state index contributed by atoms with van der Waals surface area (Å²) in [4.78, 5) is 15.7. The summed E-state index contributed by atoms with van der Waals surface area (Å²) in [6.45, 7) is 5.65. The van der Waals surface area contributed by atoms with Crippen LogP contribution in [0.3, 0.4) is 0 Å². The van der Waals surface area contributed by atoms with Crippen molar-refractivity contribution < 1.29 is 4.79 Å². The Balaban J connectivity index is 2.95. The van der Waals surface area contributed by atoms with Crippen LogP contribution >= 0.6 is 27.5 Å². The van der Waals surface area contributed by atoms with Crippen molar-refractivity contribution in [2.24, 2.45) is 5.41 Å². The summed E-state index contributed by atoms with van der Waals surface area (Å²) < 4.78 is 0. The van der Waals surface area contributed by atoms with Crippen molar-refractivity contribution in [2.45, 2.75) is 25.6 Å². The third kappa shape index (κ3) is 3.28. The van der Waals surface area contributed by atoms with Crippen LogP contribution in [0.1, 0.15) is 31.3 Å². The summed E-state index contributed by atoms with van der Waals surface area (Å²) in [7, 11) is 0. The molecule has 0 saturated heterocycles. The molecule has 1 aromatic heterocycles. The van der Waals surface area contributed by atoms with Gasteiger partial charge in [0.2, 0.25) is 0 Å². The molecule has 0 radical (unpaired) electrons. The molecule has 0 aliphatic carbocycles. The van der Waals surface area contributed by atoms with Crippen LogP contribution < -0.4 is 0 Å². The number of hydrogen-bond donors (Lipinski definition) is 0. The number of alkyl halides is 1. The van der Waals surface area contributed by atoms with Crippen molar-refractivity contribution in [2.75, 3.05) is 0 Å². The highest BCUT2D eigenvalue weighted by Crippen LogP contribution is 2.31. The zero-order valence-electron chi connectivity index (χ0n) is 8.92. The minimum Gasteiger partial charge on any atom is -0.297 e. The fourth-order valence-corrected chi connectivity index (χ4v) is 2.19. The van der Waals surface area contributed by atoms with Gasteiger partial charge in [-0.1, -0.05) is 54.4 Å². The minimum absolute atomic E-state index is 0.0947. The van der Waals surface area contributed by atoms with E-state index in [0.717, 1.165) is 0 Å². The second kappa shape index (κ2) is 4.62. The number of hydrogen-bond acceptors (Lipinski definition) is 2. The zero-order chi connectivity index (χ0) is 11.6. The summed E-state index contributed by atoms with van der Waals surface area (Å²) in [5.74, 6) is 0.0947. The van der Waals surface area contributed by atoms with Gasteiger partial charge >= 0.3 is 0 Å². The van der Waals surface area contributed by atoms with Crippen LogP contribution in [-0.2, 0) is 4.79 Å². The molecule has 0 aromatic carbocycles. The normalized spacial score (nSPS) is 13.7. The SMILES string of the molecule is CC(C)(C)C(=O)C(Br)c1cccc(Cl)n1. The van der Waals surface area contributed by atoms with Crippen molar-refractivity contribution in [1.29, 1.82) is 0 Å². The summed E-state index contributed by atoms with van der Waals surface area (Å²) in [6.07, 6.45) is 0. The highest BCUT2D eigenvalue weighted by Gasteiger charge is 2.29. The van der Waals surface area contributed by atoms with Crippen molar-refractivity contribution in [3.8, 4) is 0 Å². The van der Waals surface area contributed by atoms with Gasteiger partial charge in [0.05, 0.1) is 5.69 Å². The van der Waals surface area contributed by atoms with Gasteiger partial charge in [-0.15, -0.1) is 0 Å². The second-order valence-electron chi connectivity index (χ2n) is 4.36. The number of rotatable bonds is 2. The maximum absolute atomic E-state index is 11.9. The van der Waals surface area contributed by atoms with Gasteiger partial charge in [-0.25, -0.2) is 4.98 Å². The van der Waals surface area contributed by atoms with E-state index in [1.807, 2.05) is 20.8 Å². The van der Waals surface area contributed by atoms with Gasteiger partial charge < -0.3 is 0 Å². The Hall–Kier alpha value is -0.410. The highest BCUT2D eigenvalue weighted by atomic mass is 79.9. The van der Waals surface area contributed by atoms with Crippen LogP contribution in [0.5, 0.6) is 0 Å². The van der Waals surface area contributed by atoms with Gasteiger partial charge in [0.1, 0.15) is 9.98 Å². The summed E-state index contributed by atoms with van der Waals surface area (Å²) in [5, 5.41) is 0.402. The van der Waals surface area contributed by atoms with Crippen molar-refractivity contribution in [3.63, 3.8) is 0 Å². The lowest BCUT2D eigenvalue weighted by molar-refractivity contribution is -0.125. The molecule has 0 N–H and O–H groups in total. The van der Waals surface area contributed by atoms with Crippen LogP contribution in [0.4, 0.5) is 0 Å². The van der Waals surface area contributed by atoms with E-state index in [-0.39, 0.29) is 5.78 Å². The maximum atomic E-state index is 11.9. The first-order valence-electron chi connectivity index (χ1n) is 4.63. The molecule has 0 bridgehead atoms. The van der Waals surface area contributed by atoms with Gasteiger partial charge in [-0.3, -0.25) is 4.79 Å². The third-order valence-electron chi connectivity index (χ3n) is 1.97. The number of ketones is 1. The first kappa shape index (κ1) is 12.7. The standard InChI is InChI=1S/C11H13BrClNO/c1-11(2,3)10(15)9(12)7-5-4-6-8(13)14-7/h4-6,9H,1-3H3. The molecular formula is C11H13BrClNO. The van der Waals surface area contributed by atoms with E-state index >= 15 is 0 Å². The molecular weight excluding hydrogens is 277 g/mol. The lowest BCUT2D eigenvalue weighted by Gasteiger charge is -2.20. The molecule has 4 heteroatoms. The average molecular weight is 291 g/mol. The van der Waals surface area contributed by atoms with Crippen LogP contribution in [0.15, 0.2) is 18.2 Å². The molecule has 2 nitrogen and oxygen atoms in total. The number of pyridine rings is 1. The highest BCUT2D eigenvalue weighted by molar-refractivity contribution is 9.09. The van der Waals surface area contributed by atoms with Crippen molar-refractivity contribution >= 4 is 33.3 Å². The monoisotopic (exact) mass is 289 g/mol. The predicted molar refractivity (Wildman–Crippen MR) is 65.4 cm³/mol. The third-order valence-corrected chi connectivity index (χ3v) is 3.06. The first-order valence-corrected chi connectivity index (χ1v) is 5.92. The smallest absolute Gasteiger partial charge is 0.157 e. The largest absolute Gasteiger partial charge is 0.297 e. The Morgan fingerprint density at radius 3 is 2.53 bits per heavy atom. The second-order valence-corrected chi connectivity index (χ2v) is 5.66. The van der Waals surface area contributed by atoms with Crippen LogP contribution in [0, 0.1) is 5.41 Å². The fourth-order valence-electron chi connectivity index (χ4n) is 1.08. The average Bonchev–Trinajstić information content (AvgIpc) is 2.14. The van der Waals surface area contributed by atoms with Gasteiger partial charge in [-0.2, -0.15) is 0 Å². The molecule has 15 heavy (non-hydrogen) atoms. The summed E-state index contributed by atoms with van der Waals surface area (Å²) in [6, 6.07) is 5.26. The van der Waals surface area contributed by atoms with E-state index < -0.39 is 10.2 Å². The molecule has 0 fully saturated rings. The molecule has 1 atom stereocenters. The van der Waals surface area contributed by atoms with Crippen molar-refractivity contribution in [1.82, 2.24) is 4.98 Å². The Kier molecular flexibility index (Phi) is 3.90. The zero-order valence-corrected chi connectivity index (χ0v) is 11.3. The number of Topliss-reactive ketones (excluding diaryl/α,β-unsaturated/α-hetero) is 1. The van der Waals surface area contributed by atoms with E-state index in [4.69, 9.17) is 11.6 Å². The quantitative estimate of drug-likeness (QED) is 0.613. The number of carbonyl (C=O) groups is 1. The van der Waals surface area contributed by atoms with Gasteiger partial charge in [-0.05, 0) is 12.1 Å². The lowest BCUT2D eigenvalue weighted by atomic mass is 9.88. The summed E-state index contributed by atoms with van der Waals surface area (Å²) >= 11 is 9.12. The molecule has 0 amide bonds. The summed E-state index contributed by atoms with van der Waals surface area (Å²) in [5.41, 5.74) is 0.264. The molecule has 0 spiro atoms. The van der Waals surface area contributed by atoms with Crippen LogP contribution in [-0.4, -0.2) is 10.8 Å². The number of carbonyl (C=O) groups excluding carboxylic acids is 1. The number of nitrogens with zero attached hydrogens (tertiary/aromatic N) is 1. The Morgan fingerprint density at radius 2 is 2.07 bits per heavy atom. The first-order chi connectivity index (χ1) is 6.82. The molecule has 0 aliphatic heterocycles. The topological polar surface area (TPSA) is 30.0 Å². The van der Waals surface area contributed by atoms with E-state index in [1.54, 1.807) is 18.2 Å². The van der Waals surface area contributed by atoms with Crippen molar-refractivity contribution in [3.05, 3.63) is 29.0 Å². The Bertz CT molecular complexity index is 373. The minimum atomic E-state index is -0.392. The fraction of sp³-hybridized carbons (Fsp3) is 0.455. The van der Waals surface area contributed by atoms with E-state index in [9.17, 15) is 4.79 Å². The molecule has 82 valence electrons. The van der Waals surface area contributed by atoms with E-state index in [2.05, 4.69) is 20.9 Å². The molecule has 0 saturated carbocycles. The van der Waals surface area contributed by atoms with Crippen LogP contribution in [0.25, 0.3) is 0 Å². The predicted octanol–water partition coefficient (Wildman–Crippen LogP) is 3.79. The van der Waals surface area contributed by atoms with Crippen LogP contribution in [0.2, 0.25) is 5.15 Å². The number of halogens is 2. The van der Waals surface area contributed by atoms with Gasteiger partial charge in [0.15, 0.2) is 5.78 Å². The number of aromatic nitrogens is 1. The molecule has 0 aliphatic rings. The molecule has 1 rings (SSSR count). The molecule has 1 aromatic rings. The molecule has 1 heterocycles. The van der Waals surface area contributed by atoms with Gasteiger partial charge in [0.25, 0.3) is 0 Å². The van der Waals surface area contributed by atoms with Gasteiger partial charge in [0, 0.05) is 5.41 Å². The Morgan fingerprint density at radius 1 is 1.47 bits per heavy atom. The molecule has 1 unspecified atom stereocenters. The lowest BCUT2D eigenvalue weighted by Crippen LogP contribution is -2.24. The maximum Gasteiger partial charge on any atom is 0.157 e.